The molecular weight excluding hydrogens is 432 g/mol. The third-order valence-corrected chi connectivity index (χ3v) is 6.23. The molecule has 1 aliphatic carbocycles. The molecule has 0 spiro atoms. The Kier molecular flexibility index (Phi) is 6.47. The van der Waals surface area contributed by atoms with Gasteiger partial charge in [-0.2, -0.15) is 0 Å². The van der Waals surface area contributed by atoms with Crippen LogP contribution in [0.15, 0.2) is 51.7 Å². The molecule has 0 bridgehead atoms. The van der Waals surface area contributed by atoms with Gasteiger partial charge in [0.15, 0.2) is 5.43 Å². The number of carbonyl (C=O) groups excluding carboxylic acids is 1. The van der Waals surface area contributed by atoms with Crippen molar-refractivity contribution in [3.8, 4) is 5.75 Å². The van der Waals surface area contributed by atoms with Gasteiger partial charge in [0, 0.05) is 36.0 Å². The number of fused-ring (bicyclic) bond motifs is 2. The first-order chi connectivity index (χ1) is 16.6. The van der Waals surface area contributed by atoms with Gasteiger partial charge < -0.3 is 19.2 Å². The normalized spacial score (nSPS) is 17.1. The Morgan fingerprint density at radius 3 is 2.79 bits per heavy atom. The van der Waals surface area contributed by atoms with Crippen LogP contribution in [0.5, 0.6) is 5.75 Å². The zero-order valence-corrected chi connectivity index (χ0v) is 19.3. The van der Waals surface area contributed by atoms with Crippen molar-refractivity contribution in [3.05, 3.63) is 69.6 Å². The quantitative estimate of drug-likeness (QED) is 0.600. The average Bonchev–Trinajstić information content (AvgIpc) is 3.24. The van der Waals surface area contributed by atoms with Gasteiger partial charge in [0.05, 0.1) is 31.8 Å². The Morgan fingerprint density at radius 1 is 1.15 bits per heavy atom. The minimum atomic E-state index is -0.0992. The molecule has 3 aromatic rings. The second kappa shape index (κ2) is 9.83. The zero-order chi connectivity index (χ0) is 23.5. The molecule has 34 heavy (non-hydrogen) atoms. The van der Waals surface area contributed by atoms with Crippen molar-refractivity contribution >= 4 is 34.2 Å². The summed E-state index contributed by atoms with van der Waals surface area (Å²) >= 11 is 0. The Bertz CT molecular complexity index is 1300. The van der Waals surface area contributed by atoms with E-state index in [-0.39, 0.29) is 11.3 Å². The molecule has 7 nitrogen and oxygen atoms in total. The van der Waals surface area contributed by atoms with E-state index in [0.29, 0.717) is 60.8 Å². The Hall–Kier alpha value is -3.42. The van der Waals surface area contributed by atoms with Crippen LogP contribution >= 0.6 is 0 Å². The summed E-state index contributed by atoms with van der Waals surface area (Å²) in [5, 5.41) is 3.46. The number of morpholine rings is 1. The minimum absolute atomic E-state index is 0.0102. The Morgan fingerprint density at radius 2 is 1.97 bits per heavy atom. The summed E-state index contributed by atoms with van der Waals surface area (Å²) < 4.78 is 17.3. The first-order valence-electron chi connectivity index (χ1n) is 11.7. The largest absolute Gasteiger partial charge is 0.493 e. The maximum Gasteiger partial charge on any atom is 0.238 e. The summed E-state index contributed by atoms with van der Waals surface area (Å²) in [7, 11) is 0. The average molecular weight is 461 g/mol. The molecule has 0 atom stereocenters. The maximum absolute atomic E-state index is 13.2. The highest BCUT2D eigenvalue weighted by Gasteiger charge is 2.24. The van der Waals surface area contributed by atoms with Gasteiger partial charge in [0.25, 0.3) is 0 Å². The first-order valence-corrected chi connectivity index (χ1v) is 11.7. The van der Waals surface area contributed by atoms with Crippen LogP contribution in [0.25, 0.3) is 22.6 Å². The Balaban J connectivity index is 1.43. The molecule has 1 N–H and O–H groups in total. The van der Waals surface area contributed by atoms with Crippen molar-refractivity contribution in [2.75, 3.05) is 44.8 Å². The number of nitrogens with zero attached hydrogens (tertiary/aromatic N) is 1. The molecule has 0 saturated carbocycles. The van der Waals surface area contributed by atoms with Gasteiger partial charge in [-0.15, -0.1) is 0 Å². The standard InChI is InChI=1S/C27H28N2O5/c1-2-33-23-6-4-3-5-18(23)15-19-7-9-22-26(31)21-10-8-20(16-24(21)34-27(19)22)28-25(30)17-29-11-13-32-14-12-29/h3-6,8,10,15-16H,2,7,9,11-14,17H2,1H3,(H,28,30). The van der Waals surface area contributed by atoms with Crippen molar-refractivity contribution in [2.24, 2.45) is 0 Å². The van der Waals surface area contributed by atoms with Crippen molar-refractivity contribution in [1.82, 2.24) is 4.90 Å². The number of para-hydroxylation sites is 1. The summed E-state index contributed by atoms with van der Waals surface area (Å²) in [5.74, 6) is 1.33. The highest BCUT2D eigenvalue weighted by molar-refractivity contribution is 5.95. The van der Waals surface area contributed by atoms with E-state index in [9.17, 15) is 9.59 Å². The summed E-state index contributed by atoms with van der Waals surface area (Å²) in [5.41, 5.74) is 3.71. The lowest BCUT2D eigenvalue weighted by Gasteiger charge is -2.25. The topological polar surface area (TPSA) is 81.0 Å². The van der Waals surface area contributed by atoms with Gasteiger partial charge in [-0.05, 0) is 49.6 Å². The highest BCUT2D eigenvalue weighted by Crippen LogP contribution is 2.36. The lowest BCUT2D eigenvalue weighted by molar-refractivity contribution is -0.118. The lowest BCUT2D eigenvalue weighted by Crippen LogP contribution is -2.41. The van der Waals surface area contributed by atoms with Gasteiger partial charge >= 0.3 is 0 Å². The highest BCUT2D eigenvalue weighted by atomic mass is 16.5. The van der Waals surface area contributed by atoms with Crippen LogP contribution in [0.1, 0.15) is 30.2 Å². The molecule has 0 unspecified atom stereocenters. The number of anilines is 1. The zero-order valence-electron chi connectivity index (χ0n) is 19.3. The Labute approximate surface area is 198 Å². The molecule has 176 valence electrons. The van der Waals surface area contributed by atoms with E-state index in [0.717, 1.165) is 36.4 Å². The maximum atomic E-state index is 13.2. The second-order valence-corrected chi connectivity index (χ2v) is 8.53. The number of amides is 1. The van der Waals surface area contributed by atoms with Gasteiger partial charge in [0.2, 0.25) is 5.91 Å². The summed E-state index contributed by atoms with van der Waals surface area (Å²) in [6.07, 6.45) is 3.42. The number of nitrogens with one attached hydrogen (secondary N) is 1. The molecule has 7 heteroatoms. The van der Waals surface area contributed by atoms with E-state index in [2.05, 4.69) is 10.2 Å². The smallest absolute Gasteiger partial charge is 0.238 e. The number of benzene rings is 2. The predicted molar refractivity (Wildman–Crippen MR) is 132 cm³/mol. The van der Waals surface area contributed by atoms with Crippen LogP contribution in [-0.2, 0) is 16.0 Å². The van der Waals surface area contributed by atoms with Crippen LogP contribution in [0.4, 0.5) is 5.69 Å². The molecule has 2 aromatic carbocycles. The number of allylic oxidation sites excluding steroid dienone is 1. The molecule has 1 aromatic heterocycles. The van der Waals surface area contributed by atoms with Crippen LogP contribution in [-0.4, -0.2) is 50.3 Å². The number of hydrogen-bond acceptors (Lipinski definition) is 6. The summed E-state index contributed by atoms with van der Waals surface area (Å²) in [6.45, 7) is 5.62. The van der Waals surface area contributed by atoms with E-state index < -0.39 is 0 Å². The predicted octanol–water partition coefficient (Wildman–Crippen LogP) is 3.95. The third kappa shape index (κ3) is 4.62. The van der Waals surface area contributed by atoms with Crippen molar-refractivity contribution in [1.29, 1.82) is 0 Å². The molecule has 2 aliphatic rings. The van der Waals surface area contributed by atoms with Crippen LogP contribution < -0.4 is 15.5 Å². The van der Waals surface area contributed by atoms with E-state index in [4.69, 9.17) is 13.9 Å². The lowest BCUT2D eigenvalue weighted by atomic mass is 10.1. The minimum Gasteiger partial charge on any atom is -0.493 e. The fourth-order valence-electron chi connectivity index (χ4n) is 4.54. The van der Waals surface area contributed by atoms with Crippen LogP contribution in [0.2, 0.25) is 0 Å². The van der Waals surface area contributed by atoms with E-state index in [1.54, 1.807) is 18.2 Å². The summed E-state index contributed by atoms with van der Waals surface area (Å²) in [4.78, 5) is 27.7. The molecule has 2 heterocycles. The second-order valence-electron chi connectivity index (χ2n) is 8.53. The van der Waals surface area contributed by atoms with Gasteiger partial charge in [0.1, 0.15) is 17.1 Å². The fourth-order valence-corrected chi connectivity index (χ4v) is 4.54. The third-order valence-electron chi connectivity index (χ3n) is 6.23. The summed E-state index contributed by atoms with van der Waals surface area (Å²) in [6, 6.07) is 13.1. The van der Waals surface area contributed by atoms with Crippen molar-refractivity contribution in [2.45, 2.75) is 19.8 Å². The van der Waals surface area contributed by atoms with E-state index in [1.165, 1.54) is 0 Å². The monoisotopic (exact) mass is 460 g/mol. The SMILES string of the molecule is CCOc1ccccc1C=C1CCc2c1oc1cc(NC(=O)CN3CCOCC3)ccc1c2=O. The molecule has 1 amide bonds. The molecule has 5 rings (SSSR count). The van der Waals surface area contributed by atoms with E-state index in [1.807, 2.05) is 37.3 Å². The fraction of sp³-hybridized carbons (Fsp3) is 0.333. The molecule has 0 radical (unpaired) electrons. The van der Waals surface area contributed by atoms with E-state index >= 15 is 0 Å². The number of carbonyl (C=O) groups is 1. The van der Waals surface area contributed by atoms with Gasteiger partial charge in [-0.1, -0.05) is 18.2 Å². The van der Waals surface area contributed by atoms with Crippen molar-refractivity contribution in [3.63, 3.8) is 0 Å². The number of hydrogen-bond donors (Lipinski definition) is 1. The van der Waals surface area contributed by atoms with Gasteiger partial charge in [-0.3, -0.25) is 14.5 Å². The van der Waals surface area contributed by atoms with Crippen molar-refractivity contribution < 1.29 is 18.7 Å². The number of ether oxygens (including phenoxy) is 2. The molecule has 1 saturated heterocycles. The molecule has 1 aliphatic heterocycles. The van der Waals surface area contributed by atoms with Crippen LogP contribution in [0.3, 0.4) is 0 Å². The van der Waals surface area contributed by atoms with Crippen LogP contribution in [0, 0.1) is 0 Å². The molecular formula is C27H28N2O5. The van der Waals surface area contributed by atoms with Gasteiger partial charge in [-0.25, -0.2) is 0 Å². The first kappa shape index (κ1) is 22.4. The number of rotatable bonds is 6. The molecule has 1 fully saturated rings.